The Bertz CT molecular complexity index is 104. The minimum atomic E-state index is -1.82. The number of carbonyl (C=O) groups is 1. The average molecular weight is 152 g/mol. The summed E-state index contributed by atoms with van der Waals surface area (Å²) >= 11 is 0. The van der Waals surface area contributed by atoms with Crippen LogP contribution in [0.5, 0.6) is 0 Å². The summed E-state index contributed by atoms with van der Waals surface area (Å²) in [6.45, 7) is -2.04. The first-order valence-corrected chi connectivity index (χ1v) is 2.70. The first-order chi connectivity index (χ1) is 4.63. The number of alkyl halides is 1. The predicted molar refractivity (Wildman–Crippen MR) is 30.1 cm³/mol. The molecule has 0 aliphatic heterocycles. The molecule has 60 valence electrons. The third kappa shape index (κ3) is 2.38. The lowest BCUT2D eigenvalue weighted by Crippen LogP contribution is -2.35. The van der Waals surface area contributed by atoms with E-state index >= 15 is 0 Å². The van der Waals surface area contributed by atoms with Crippen molar-refractivity contribution in [2.24, 2.45) is 0 Å². The van der Waals surface area contributed by atoms with E-state index in [0.717, 1.165) is 0 Å². The molecule has 4 nitrogen and oxygen atoms in total. The molecule has 0 aromatic rings. The Balaban J connectivity index is 3.82. The molecular formula is C5H9FO4. The van der Waals surface area contributed by atoms with Gasteiger partial charge in [-0.25, -0.2) is 4.39 Å². The quantitative estimate of drug-likeness (QED) is 0.446. The van der Waals surface area contributed by atoms with E-state index < -0.39 is 31.3 Å². The van der Waals surface area contributed by atoms with E-state index in [1.165, 1.54) is 0 Å². The molecule has 0 fully saturated rings. The first kappa shape index (κ1) is 9.48. The van der Waals surface area contributed by atoms with E-state index in [2.05, 4.69) is 0 Å². The average Bonchev–Trinajstić information content (AvgIpc) is 2.00. The molecule has 0 aliphatic rings. The molecule has 0 radical (unpaired) electrons. The van der Waals surface area contributed by atoms with Gasteiger partial charge in [0.1, 0.15) is 18.9 Å². The molecule has 0 bridgehead atoms. The van der Waals surface area contributed by atoms with E-state index in [9.17, 15) is 9.18 Å². The van der Waals surface area contributed by atoms with Gasteiger partial charge in [-0.15, -0.1) is 0 Å². The lowest BCUT2D eigenvalue weighted by atomic mass is 10.1. The third-order valence-corrected chi connectivity index (χ3v) is 0.976. The van der Waals surface area contributed by atoms with Gasteiger partial charge in [-0.05, 0) is 0 Å². The zero-order valence-electron chi connectivity index (χ0n) is 5.20. The lowest BCUT2D eigenvalue weighted by molar-refractivity contribution is -0.138. The normalized spacial score (nSPS) is 16.4. The van der Waals surface area contributed by atoms with Crippen molar-refractivity contribution in [1.29, 1.82) is 0 Å². The van der Waals surface area contributed by atoms with Gasteiger partial charge in [0, 0.05) is 0 Å². The number of hydrogen-bond acceptors (Lipinski definition) is 4. The van der Waals surface area contributed by atoms with E-state index in [1.807, 2.05) is 0 Å². The van der Waals surface area contributed by atoms with Gasteiger partial charge in [-0.1, -0.05) is 0 Å². The van der Waals surface area contributed by atoms with Gasteiger partial charge in [-0.3, -0.25) is 4.79 Å². The van der Waals surface area contributed by atoms with Crippen molar-refractivity contribution < 1.29 is 24.5 Å². The summed E-state index contributed by atoms with van der Waals surface area (Å²) in [4.78, 5) is 10.4. The summed E-state index contributed by atoms with van der Waals surface area (Å²) in [5, 5.41) is 25.1. The smallest absolute Gasteiger partial charge is 0.194 e. The molecule has 0 aliphatic carbocycles. The monoisotopic (exact) mass is 152 g/mol. The van der Waals surface area contributed by atoms with Crippen molar-refractivity contribution >= 4 is 5.78 Å². The second kappa shape index (κ2) is 4.32. The van der Waals surface area contributed by atoms with Crippen molar-refractivity contribution in [2.75, 3.05) is 13.3 Å². The molecule has 0 saturated carbocycles. The Hall–Kier alpha value is -0.520. The van der Waals surface area contributed by atoms with E-state index in [4.69, 9.17) is 15.3 Å². The Morgan fingerprint density at radius 2 is 1.90 bits per heavy atom. The van der Waals surface area contributed by atoms with Gasteiger partial charge < -0.3 is 15.3 Å². The Labute approximate surface area is 56.9 Å². The van der Waals surface area contributed by atoms with Crippen molar-refractivity contribution in [2.45, 2.75) is 12.2 Å². The predicted octanol–water partition coefficient (Wildman–Crippen LogP) is -1.76. The Morgan fingerprint density at radius 3 is 2.20 bits per heavy atom. The fourth-order valence-electron chi connectivity index (χ4n) is 0.388. The van der Waals surface area contributed by atoms with Gasteiger partial charge in [0.25, 0.3) is 0 Å². The number of ketones is 1. The van der Waals surface area contributed by atoms with E-state index in [1.54, 1.807) is 0 Å². The third-order valence-electron chi connectivity index (χ3n) is 0.976. The number of Topliss-reactive ketones (excluding diaryl/α,β-unsaturated/α-hetero) is 1. The van der Waals surface area contributed by atoms with Crippen molar-refractivity contribution in [3.8, 4) is 0 Å². The highest BCUT2D eigenvalue weighted by atomic mass is 19.1. The zero-order valence-corrected chi connectivity index (χ0v) is 5.20. The van der Waals surface area contributed by atoms with Crippen molar-refractivity contribution in [3.63, 3.8) is 0 Å². The van der Waals surface area contributed by atoms with Crippen LogP contribution in [0.4, 0.5) is 4.39 Å². The molecule has 0 saturated heterocycles. The highest BCUT2D eigenvalue weighted by molar-refractivity contribution is 5.87. The molecule has 2 atom stereocenters. The highest BCUT2D eigenvalue weighted by Crippen LogP contribution is 1.92. The van der Waals surface area contributed by atoms with Crippen LogP contribution in [-0.2, 0) is 4.79 Å². The van der Waals surface area contributed by atoms with Crippen LogP contribution in [0.15, 0.2) is 0 Å². The summed E-state index contributed by atoms with van der Waals surface area (Å²) in [5.74, 6) is -1.09. The van der Waals surface area contributed by atoms with E-state index in [-0.39, 0.29) is 0 Å². The Morgan fingerprint density at radius 1 is 1.40 bits per heavy atom. The van der Waals surface area contributed by atoms with Gasteiger partial charge >= 0.3 is 0 Å². The minimum Gasteiger partial charge on any atom is -0.393 e. The maximum atomic E-state index is 11.5. The number of aliphatic hydroxyl groups excluding tert-OH is 3. The first-order valence-electron chi connectivity index (χ1n) is 2.70. The summed E-state index contributed by atoms with van der Waals surface area (Å²) in [5.41, 5.74) is 0. The molecule has 10 heavy (non-hydrogen) atoms. The molecule has 0 aromatic carbocycles. The maximum Gasteiger partial charge on any atom is 0.194 e. The topological polar surface area (TPSA) is 77.8 Å². The molecule has 5 heteroatoms. The van der Waals surface area contributed by atoms with Crippen LogP contribution in [0.1, 0.15) is 0 Å². The molecule has 3 N–H and O–H groups in total. The molecule has 1 unspecified atom stereocenters. The van der Waals surface area contributed by atoms with Gasteiger partial charge in [0.05, 0.1) is 6.61 Å². The van der Waals surface area contributed by atoms with Crippen molar-refractivity contribution in [1.82, 2.24) is 0 Å². The molecule has 0 spiro atoms. The van der Waals surface area contributed by atoms with Crippen LogP contribution in [0.3, 0.4) is 0 Å². The van der Waals surface area contributed by atoms with Crippen LogP contribution in [0, 0.1) is 0 Å². The molecule has 0 aromatic heterocycles. The van der Waals surface area contributed by atoms with Crippen LogP contribution in [0.25, 0.3) is 0 Å². The van der Waals surface area contributed by atoms with Crippen LogP contribution < -0.4 is 0 Å². The van der Waals surface area contributed by atoms with Crippen LogP contribution in [0.2, 0.25) is 0 Å². The maximum absolute atomic E-state index is 11.5. The molecular weight excluding hydrogens is 143 g/mol. The summed E-state index contributed by atoms with van der Waals surface area (Å²) in [7, 11) is 0. The lowest BCUT2D eigenvalue weighted by Gasteiger charge is -2.08. The van der Waals surface area contributed by atoms with Crippen LogP contribution in [-0.4, -0.2) is 46.6 Å². The summed E-state index contributed by atoms with van der Waals surface area (Å²) < 4.78 is 11.5. The van der Waals surface area contributed by atoms with Gasteiger partial charge in [-0.2, -0.15) is 0 Å². The number of aliphatic hydroxyl groups is 3. The number of carbonyl (C=O) groups excluding carboxylic acids is 1. The fraction of sp³-hybridized carbons (Fsp3) is 0.800. The minimum absolute atomic E-state index is 0.796. The number of halogens is 1. The Kier molecular flexibility index (Phi) is 4.10. The van der Waals surface area contributed by atoms with Gasteiger partial charge in [0.2, 0.25) is 0 Å². The second-order valence-corrected chi connectivity index (χ2v) is 1.77. The van der Waals surface area contributed by atoms with E-state index in [0.29, 0.717) is 0 Å². The zero-order chi connectivity index (χ0) is 8.15. The molecule has 0 heterocycles. The summed E-state index contributed by atoms with van der Waals surface area (Å²) in [6.07, 6.45) is -3.49. The summed E-state index contributed by atoms with van der Waals surface area (Å²) in [6, 6.07) is 0. The highest BCUT2D eigenvalue weighted by Gasteiger charge is 2.22. The van der Waals surface area contributed by atoms with Gasteiger partial charge in [0.15, 0.2) is 5.78 Å². The van der Waals surface area contributed by atoms with Crippen LogP contribution >= 0.6 is 0 Å². The SMILES string of the molecule is O=C(C(O)CO)[C@H](O)CF. The molecule has 0 rings (SSSR count). The number of hydrogen-bond donors (Lipinski definition) is 3. The fourth-order valence-corrected chi connectivity index (χ4v) is 0.388. The van der Waals surface area contributed by atoms with Crippen molar-refractivity contribution in [3.05, 3.63) is 0 Å². The largest absolute Gasteiger partial charge is 0.393 e. The second-order valence-electron chi connectivity index (χ2n) is 1.77. The standard InChI is InChI=1S/C5H9FO4/c6-1-3(8)5(10)4(9)2-7/h3-4,7-9H,1-2H2/t3-,4?/m1/s1. The molecule has 0 amide bonds. The number of rotatable bonds is 4.